The number of anilines is 1. The van der Waals surface area contributed by atoms with Crippen molar-refractivity contribution in [2.75, 3.05) is 5.32 Å². The highest BCUT2D eigenvalue weighted by molar-refractivity contribution is 6.05. The molecule has 10 nitrogen and oxygen atoms in total. The number of amides is 1. The molecule has 0 aliphatic carbocycles. The molecule has 0 unspecified atom stereocenters. The van der Waals surface area contributed by atoms with Gasteiger partial charge in [0.1, 0.15) is 0 Å². The van der Waals surface area contributed by atoms with E-state index in [1.54, 1.807) is 14.0 Å². The average molecular weight is 305 g/mol. The van der Waals surface area contributed by atoms with E-state index < -0.39 is 27.1 Å². The Morgan fingerprint density at radius 2 is 1.73 bits per heavy atom. The molecule has 22 heavy (non-hydrogen) atoms. The van der Waals surface area contributed by atoms with Crippen LogP contribution in [0.1, 0.15) is 16.1 Å². The van der Waals surface area contributed by atoms with E-state index >= 15 is 0 Å². The topological polar surface area (TPSA) is 133 Å². The third-order valence-corrected chi connectivity index (χ3v) is 3.07. The monoisotopic (exact) mass is 305 g/mol. The lowest BCUT2D eigenvalue weighted by Gasteiger charge is -2.05. The number of nitro benzene ring substituents is 2. The molecule has 0 saturated heterocycles. The van der Waals surface area contributed by atoms with Gasteiger partial charge in [-0.2, -0.15) is 5.10 Å². The summed E-state index contributed by atoms with van der Waals surface area (Å²) in [6.07, 6.45) is 1.42. The summed E-state index contributed by atoms with van der Waals surface area (Å²) in [5.41, 5.74) is -0.136. The summed E-state index contributed by atoms with van der Waals surface area (Å²) in [6, 6.07) is 2.76. The first-order valence-electron chi connectivity index (χ1n) is 6.03. The lowest BCUT2D eigenvalue weighted by Crippen LogP contribution is -2.13. The second-order valence-corrected chi connectivity index (χ2v) is 4.47. The van der Waals surface area contributed by atoms with Crippen LogP contribution in [0.4, 0.5) is 17.1 Å². The molecule has 2 rings (SSSR count). The number of hydrogen-bond acceptors (Lipinski definition) is 6. The van der Waals surface area contributed by atoms with Crippen molar-refractivity contribution < 1.29 is 14.6 Å². The van der Waals surface area contributed by atoms with Gasteiger partial charge in [0, 0.05) is 19.2 Å². The zero-order valence-electron chi connectivity index (χ0n) is 11.6. The number of nitro groups is 2. The van der Waals surface area contributed by atoms with E-state index in [4.69, 9.17) is 0 Å². The van der Waals surface area contributed by atoms with E-state index in [0.717, 1.165) is 18.2 Å². The van der Waals surface area contributed by atoms with E-state index in [2.05, 4.69) is 10.4 Å². The first-order chi connectivity index (χ1) is 10.3. The van der Waals surface area contributed by atoms with Gasteiger partial charge in [0.15, 0.2) is 0 Å². The van der Waals surface area contributed by atoms with Crippen LogP contribution in [-0.4, -0.2) is 25.5 Å². The maximum Gasteiger partial charge on any atom is 0.277 e. The van der Waals surface area contributed by atoms with E-state index in [0.29, 0.717) is 11.4 Å². The summed E-state index contributed by atoms with van der Waals surface area (Å²) in [7, 11) is 1.68. The molecule has 1 aromatic carbocycles. The van der Waals surface area contributed by atoms with Crippen molar-refractivity contribution in [2.24, 2.45) is 7.05 Å². The predicted molar refractivity (Wildman–Crippen MR) is 75.6 cm³/mol. The SMILES string of the molecule is Cc1c(NC(=O)c2cc([N+](=O)[O-])cc([N+](=O)[O-])c2)cnn1C. The molecule has 0 bridgehead atoms. The lowest BCUT2D eigenvalue weighted by molar-refractivity contribution is -0.394. The Morgan fingerprint density at radius 3 is 2.14 bits per heavy atom. The summed E-state index contributed by atoms with van der Waals surface area (Å²) in [5.74, 6) is -0.692. The number of rotatable bonds is 4. The van der Waals surface area contributed by atoms with Crippen molar-refractivity contribution >= 4 is 23.0 Å². The molecule has 10 heteroatoms. The van der Waals surface area contributed by atoms with Gasteiger partial charge >= 0.3 is 0 Å². The highest BCUT2D eigenvalue weighted by atomic mass is 16.6. The van der Waals surface area contributed by atoms with Crippen LogP contribution >= 0.6 is 0 Å². The molecule has 0 atom stereocenters. The van der Waals surface area contributed by atoms with Gasteiger partial charge in [-0.1, -0.05) is 0 Å². The van der Waals surface area contributed by atoms with Gasteiger partial charge < -0.3 is 5.32 Å². The minimum Gasteiger partial charge on any atom is -0.319 e. The van der Waals surface area contributed by atoms with Crippen LogP contribution in [0, 0.1) is 27.2 Å². The number of nitrogens with one attached hydrogen (secondary N) is 1. The number of carbonyl (C=O) groups is 1. The van der Waals surface area contributed by atoms with Crippen molar-refractivity contribution in [3.8, 4) is 0 Å². The van der Waals surface area contributed by atoms with Crippen LogP contribution in [0.5, 0.6) is 0 Å². The number of non-ortho nitro benzene ring substituents is 2. The predicted octanol–water partition coefficient (Wildman–Crippen LogP) is 1.80. The van der Waals surface area contributed by atoms with Gasteiger partial charge in [-0.3, -0.25) is 29.7 Å². The van der Waals surface area contributed by atoms with E-state index in [-0.39, 0.29) is 5.56 Å². The molecular weight excluding hydrogens is 294 g/mol. The highest BCUT2D eigenvalue weighted by Crippen LogP contribution is 2.23. The molecule has 0 fully saturated rings. The molecule has 2 aromatic rings. The Bertz CT molecular complexity index is 750. The number of aryl methyl sites for hydroxylation is 1. The second kappa shape index (κ2) is 5.60. The number of carbonyl (C=O) groups excluding carboxylic acids is 1. The third-order valence-electron chi connectivity index (χ3n) is 3.07. The zero-order chi connectivity index (χ0) is 16.4. The van der Waals surface area contributed by atoms with Crippen LogP contribution < -0.4 is 5.32 Å². The smallest absolute Gasteiger partial charge is 0.277 e. The van der Waals surface area contributed by atoms with Crippen molar-refractivity contribution in [1.82, 2.24) is 9.78 Å². The quantitative estimate of drug-likeness (QED) is 0.676. The molecule has 0 spiro atoms. The molecule has 114 valence electrons. The Labute approximate surface area is 123 Å². The summed E-state index contributed by atoms with van der Waals surface area (Å²) < 4.78 is 1.53. The molecule has 0 aliphatic heterocycles. The zero-order valence-corrected chi connectivity index (χ0v) is 11.6. The molecular formula is C12H11N5O5. The average Bonchev–Trinajstić information content (AvgIpc) is 2.78. The van der Waals surface area contributed by atoms with Crippen LogP contribution in [0.15, 0.2) is 24.4 Å². The van der Waals surface area contributed by atoms with E-state index in [9.17, 15) is 25.0 Å². The Morgan fingerprint density at radius 1 is 1.18 bits per heavy atom. The number of aromatic nitrogens is 2. The van der Waals surface area contributed by atoms with Crippen LogP contribution in [0.3, 0.4) is 0 Å². The normalized spacial score (nSPS) is 10.3. The molecule has 1 aromatic heterocycles. The standard InChI is InChI=1S/C12H11N5O5/c1-7-11(6-13-15(7)2)14-12(18)8-3-9(16(19)20)5-10(4-8)17(21)22/h3-6H,1-2H3,(H,14,18). The largest absolute Gasteiger partial charge is 0.319 e. The van der Waals surface area contributed by atoms with Crippen LogP contribution in [-0.2, 0) is 7.05 Å². The fraction of sp³-hybridized carbons (Fsp3) is 0.167. The van der Waals surface area contributed by atoms with E-state index in [1.165, 1.54) is 10.9 Å². The summed E-state index contributed by atoms with van der Waals surface area (Å²) in [6.45, 7) is 1.72. The van der Waals surface area contributed by atoms with Gasteiger partial charge in [-0.25, -0.2) is 0 Å². The fourth-order valence-electron chi connectivity index (χ4n) is 1.75. The summed E-state index contributed by atoms with van der Waals surface area (Å²) in [4.78, 5) is 32.2. The van der Waals surface area contributed by atoms with Gasteiger partial charge in [-0.15, -0.1) is 0 Å². The van der Waals surface area contributed by atoms with Crippen molar-refractivity contribution in [2.45, 2.75) is 6.92 Å². The highest BCUT2D eigenvalue weighted by Gasteiger charge is 2.20. The van der Waals surface area contributed by atoms with Gasteiger partial charge in [0.05, 0.1) is 39.1 Å². The first-order valence-corrected chi connectivity index (χ1v) is 6.03. The van der Waals surface area contributed by atoms with Gasteiger partial charge in [-0.05, 0) is 6.92 Å². The maximum atomic E-state index is 12.1. The molecule has 0 radical (unpaired) electrons. The van der Waals surface area contributed by atoms with E-state index in [1.807, 2.05) is 0 Å². The summed E-state index contributed by atoms with van der Waals surface area (Å²) in [5, 5.41) is 28.1. The van der Waals surface area contributed by atoms with Gasteiger partial charge in [0.2, 0.25) is 0 Å². The molecule has 1 amide bonds. The van der Waals surface area contributed by atoms with Crippen LogP contribution in [0.2, 0.25) is 0 Å². The second-order valence-electron chi connectivity index (χ2n) is 4.47. The minimum absolute atomic E-state index is 0.177. The third kappa shape index (κ3) is 2.90. The summed E-state index contributed by atoms with van der Waals surface area (Å²) >= 11 is 0. The Kier molecular flexibility index (Phi) is 3.84. The van der Waals surface area contributed by atoms with Crippen molar-refractivity contribution in [1.29, 1.82) is 0 Å². The fourth-order valence-corrected chi connectivity index (χ4v) is 1.75. The minimum atomic E-state index is -0.793. The van der Waals surface area contributed by atoms with Gasteiger partial charge in [0.25, 0.3) is 17.3 Å². The molecule has 0 saturated carbocycles. The van der Waals surface area contributed by atoms with Crippen LogP contribution in [0.25, 0.3) is 0 Å². The first kappa shape index (κ1) is 15.1. The Balaban J connectivity index is 2.38. The number of nitrogens with zero attached hydrogens (tertiary/aromatic N) is 4. The molecule has 0 aliphatic rings. The number of benzene rings is 1. The van der Waals surface area contributed by atoms with Crippen molar-refractivity contribution in [3.05, 3.63) is 55.9 Å². The molecule has 1 heterocycles. The lowest BCUT2D eigenvalue weighted by atomic mass is 10.1. The number of hydrogen-bond donors (Lipinski definition) is 1. The molecule has 1 N–H and O–H groups in total. The Hall–Kier alpha value is -3.30. The van der Waals surface area contributed by atoms with Crippen molar-refractivity contribution in [3.63, 3.8) is 0 Å². The maximum absolute atomic E-state index is 12.1.